The van der Waals surface area contributed by atoms with Gasteiger partial charge in [-0.15, -0.1) is 5.11 Å². The lowest BCUT2D eigenvalue weighted by Crippen LogP contribution is -2.36. The lowest BCUT2D eigenvalue weighted by Gasteiger charge is -2.22. The van der Waals surface area contributed by atoms with E-state index in [1.54, 1.807) is 48.5 Å². The third-order valence-electron chi connectivity index (χ3n) is 6.47. The summed E-state index contributed by atoms with van der Waals surface area (Å²) in [5, 5.41) is 34.2. The standard InChI is InChI=1S/C28H27N5O4/c34-22-15-16-24(35)23(17-22)18-11-13-20(14-12-18)30-31-26-25(27(36)29-19-7-3-1-4-8-19)32-33(28(26)37)21-9-5-2-6-10-21/h2,5-6,9-17,19,32,34-35H,1,3-4,7-8H2,(H,29,36). The third kappa shape index (κ3) is 5.30. The smallest absolute Gasteiger partial charge is 0.299 e. The van der Waals surface area contributed by atoms with E-state index in [2.05, 4.69) is 20.6 Å². The largest absolute Gasteiger partial charge is 0.508 e. The number of azo groups is 1. The molecule has 188 valence electrons. The van der Waals surface area contributed by atoms with Crippen LogP contribution in [0.2, 0.25) is 0 Å². The van der Waals surface area contributed by atoms with Crippen molar-refractivity contribution in [3.05, 3.63) is 88.8 Å². The molecule has 1 saturated carbocycles. The average Bonchev–Trinajstić information content (AvgIpc) is 3.26. The number of carbonyl (C=O) groups is 1. The molecule has 4 aromatic rings. The number of aromatic hydroxyl groups is 2. The van der Waals surface area contributed by atoms with Crippen molar-refractivity contribution in [3.63, 3.8) is 0 Å². The van der Waals surface area contributed by atoms with Crippen molar-refractivity contribution in [2.24, 2.45) is 10.2 Å². The Hall–Kier alpha value is -4.66. The third-order valence-corrected chi connectivity index (χ3v) is 6.47. The summed E-state index contributed by atoms with van der Waals surface area (Å²) in [6, 6.07) is 20.1. The summed E-state index contributed by atoms with van der Waals surface area (Å²) in [5.41, 5.74) is 1.68. The van der Waals surface area contributed by atoms with E-state index in [9.17, 15) is 19.8 Å². The first kappa shape index (κ1) is 24.1. The van der Waals surface area contributed by atoms with Gasteiger partial charge in [-0.25, -0.2) is 4.68 Å². The van der Waals surface area contributed by atoms with E-state index in [1.807, 2.05) is 6.07 Å². The molecule has 0 unspecified atom stereocenters. The van der Waals surface area contributed by atoms with Crippen LogP contribution < -0.4 is 10.9 Å². The Morgan fingerprint density at radius 2 is 1.65 bits per heavy atom. The van der Waals surface area contributed by atoms with Gasteiger partial charge in [-0.3, -0.25) is 14.7 Å². The Morgan fingerprint density at radius 1 is 0.919 bits per heavy atom. The van der Waals surface area contributed by atoms with Gasteiger partial charge in [-0.1, -0.05) is 49.6 Å². The highest BCUT2D eigenvalue weighted by atomic mass is 16.3. The predicted octanol–water partition coefficient (Wildman–Crippen LogP) is 5.72. The summed E-state index contributed by atoms with van der Waals surface area (Å²) >= 11 is 0. The van der Waals surface area contributed by atoms with Gasteiger partial charge < -0.3 is 15.5 Å². The van der Waals surface area contributed by atoms with Gasteiger partial charge in [-0.05, 0) is 60.9 Å². The fourth-order valence-electron chi connectivity index (χ4n) is 4.51. The molecule has 0 spiro atoms. The number of hydrogen-bond donors (Lipinski definition) is 4. The molecule has 1 fully saturated rings. The minimum absolute atomic E-state index is 0.0366. The summed E-state index contributed by atoms with van der Waals surface area (Å²) < 4.78 is 1.29. The molecule has 0 radical (unpaired) electrons. The first-order valence-corrected chi connectivity index (χ1v) is 12.2. The van der Waals surface area contributed by atoms with Crippen LogP contribution in [0.25, 0.3) is 16.8 Å². The Morgan fingerprint density at radius 3 is 2.38 bits per heavy atom. The SMILES string of the molecule is O=C(NC1CCCCC1)c1[nH]n(-c2ccccc2)c(=O)c1N=Nc1ccc(-c2cc(O)ccc2O)cc1. The zero-order valence-electron chi connectivity index (χ0n) is 20.1. The molecule has 3 aromatic carbocycles. The molecule has 0 bridgehead atoms. The topological polar surface area (TPSA) is 132 Å². The molecular weight excluding hydrogens is 470 g/mol. The number of carbonyl (C=O) groups excluding carboxylic acids is 1. The second kappa shape index (κ2) is 10.5. The summed E-state index contributed by atoms with van der Waals surface area (Å²) in [6.45, 7) is 0. The molecule has 5 rings (SSSR count). The zero-order chi connectivity index (χ0) is 25.8. The van der Waals surface area contributed by atoms with Gasteiger partial charge in [0, 0.05) is 11.6 Å². The molecule has 0 atom stereocenters. The number of benzene rings is 3. The molecule has 0 aliphatic heterocycles. The Labute approximate surface area is 213 Å². The molecular formula is C28H27N5O4. The number of nitrogens with one attached hydrogen (secondary N) is 2. The number of para-hydroxylation sites is 1. The Bertz CT molecular complexity index is 1480. The highest BCUT2D eigenvalue weighted by Gasteiger charge is 2.24. The number of aromatic nitrogens is 2. The van der Waals surface area contributed by atoms with Gasteiger partial charge >= 0.3 is 0 Å². The maximum atomic E-state index is 13.3. The van der Waals surface area contributed by atoms with Gasteiger partial charge in [0.25, 0.3) is 11.5 Å². The van der Waals surface area contributed by atoms with Crippen LogP contribution in [-0.4, -0.2) is 31.9 Å². The lowest BCUT2D eigenvalue weighted by molar-refractivity contribution is 0.0923. The molecule has 1 aromatic heterocycles. The highest BCUT2D eigenvalue weighted by molar-refractivity contribution is 5.97. The van der Waals surface area contributed by atoms with Crippen LogP contribution >= 0.6 is 0 Å². The maximum absolute atomic E-state index is 13.3. The fourth-order valence-corrected chi connectivity index (χ4v) is 4.51. The Balaban J connectivity index is 1.46. The van der Waals surface area contributed by atoms with Crippen LogP contribution in [0.5, 0.6) is 11.5 Å². The quantitative estimate of drug-likeness (QED) is 0.200. The van der Waals surface area contributed by atoms with E-state index < -0.39 is 5.56 Å². The van der Waals surface area contributed by atoms with E-state index in [4.69, 9.17) is 0 Å². The van der Waals surface area contributed by atoms with Gasteiger partial charge in [-0.2, -0.15) is 5.11 Å². The highest BCUT2D eigenvalue weighted by Crippen LogP contribution is 2.33. The summed E-state index contributed by atoms with van der Waals surface area (Å²) in [4.78, 5) is 26.4. The number of amides is 1. The second-order valence-electron chi connectivity index (χ2n) is 9.07. The lowest BCUT2D eigenvalue weighted by atomic mass is 9.95. The summed E-state index contributed by atoms with van der Waals surface area (Å²) in [7, 11) is 0. The molecule has 0 saturated heterocycles. The monoisotopic (exact) mass is 497 g/mol. The van der Waals surface area contributed by atoms with Gasteiger partial charge in [0.2, 0.25) is 0 Å². The van der Waals surface area contributed by atoms with Crippen molar-refractivity contribution in [1.82, 2.24) is 15.1 Å². The summed E-state index contributed by atoms with van der Waals surface area (Å²) in [5.74, 6) is -0.310. The normalized spacial score (nSPS) is 14.2. The molecule has 1 amide bonds. The van der Waals surface area contributed by atoms with Crippen LogP contribution in [0.3, 0.4) is 0 Å². The molecule has 9 nitrogen and oxygen atoms in total. The van der Waals surface area contributed by atoms with Crippen molar-refractivity contribution in [2.45, 2.75) is 38.1 Å². The molecule has 9 heteroatoms. The minimum atomic E-state index is -0.481. The predicted molar refractivity (Wildman–Crippen MR) is 140 cm³/mol. The molecule has 1 aliphatic carbocycles. The van der Waals surface area contributed by atoms with E-state index >= 15 is 0 Å². The molecule has 1 aliphatic rings. The van der Waals surface area contributed by atoms with Crippen molar-refractivity contribution in [3.8, 4) is 28.3 Å². The minimum Gasteiger partial charge on any atom is -0.508 e. The van der Waals surface area contributed by atoms with Crippen molar-refractivity contribution >= 4 is 17.3 Å². The van der Waals surface area contributed by atoms with Crippen LogP contribution in [-0.2, 0) is 0 Å². The van der Waals surface area contributed by atoms with Crippen molar-refractivity contribution in [1.29, 1.82) is 0 Å². The van der Waals surface area contributed by atoms with E-state index in [0.717, 1.165) is 32.1 Å². The second-order valence-corrected chi connectivity index (χ2v) is 9.07. The number of H-pyrrole nitrogens is 1. The molecule has 4 N–H and O–H groups in total. The van der Waals surface area contributed by atoms with Crippen LogP contribution in [0, 0.1) is 0 Å². The van der Waals surface area contributed by atoms with E-state index in [-0.39, 0.29) is 34.8 Å². The van der Waals surface area contributed by atoms with Gasteiger partial charge in [0.05, 0.1) is 11.4 Å². The zero-order valence-corrected chi connectivity index (χ0v) is 20.1. The first-order valence-electron chi connectivity index (χ1n) is 12.2. The summed E-state index contributed by atoms with van der Waals surface area (Å²) in [6.07, 6.45) is 5.11. The number of phenolic OH excluding ortho intramolecular Hbond substituents is 2. The number of phenols is 2. The average molecular weight is 498 g/mol. The van der Waals surface area contributed by atoms with Crippen molar-refractivity contribution < 1.29 is 15.0 Å². The Kier molecular flexibility index (Phi) is 6.85. The molecule has 37 heavy (non-hydrogen) atoms. The molecule has 1 heterocycles. The maximum Gasteiger partial charge on any atom is 0.299 e. The van der Waals surface area contributed by atoms with Gasteiger partial charge in [0.15, 0.2) is 11.4 Å². The van der Waals surface area contributed by atoms with Crippen LogP contribution in [0.4, 0.5) is 11.4 Å². The number of aromatic amines is 1. The van der Waals surface area contributed by atoms with Crippen molar-refractivity contribution in [2.75, 3.05) is 0 Å². The number of nitrogens with zero attached hydrogens (tertiary/aromatic N) is 3. The first-order chi connectivity index (χ1) is 18.0. The number of hydrogen-bond acceptors (Lipinski definition) is 6. The van der Waals surface area contributed by atoms with E-state index in [1.165, 1.54) is 22.9 Å². The number of rotatable bonds is 6. The van der Waals surface area contributed by atoms with Gasteiger partial charge in [0.1, 0.15) is 11.5 Å². The fraction of sp³-hybridized carbons (Fsp3) is 0.214. The van der Waals surface area contributed by atoms with Crippen LogP contribution in [0.1, 0.15) is 42.6 Å². The van der Waals surface area contributed by atoms with Crippen LogP contribution in [0.15, 0.2) is 87.8 Å². The van der Waals surface area contributed by atoms with E-state index in [0.29, 0.717) is 22.5 Å².